The first-order valence-electron chi connectivity index (χ1n) is 9.80. The van der Waals surface area contributed by atoms with Crippen LogP contribution in [0.5, 0.6) is 0 Å². The van der Waals surface area contributed by atoms with Gasteiger partial charge in [-0.1, -0.05) is 17.7 Å². The molecule has 1 aromatic heterocycles. The summed E-state index contributed by atoms with van der Waals surface area (Å²) in [6.07, 6.45) is 1.62. The van der Waals surface area contributed by atoms with Crippen molar-refractivity contribution in [3.63, 3.8) is 0 Å². The number of halogens is 2. The van der Waals surface area contributed by atoms with Crippen LogP contribution in [0.2, 0.25) is 5.02 Å². The Hall–Kier alpha value is -2.49. The number of nitrogens with one attached hydrogen (secondary N) is 1. The molecule has 162 valence electrons. The molecule has 0 unspecified atom stereocenters. The second-order valence-electron chi connectivity index (χ2n) is 7.53. The van der Waals surface area contributed by atoms with Crippen molar-refractivity contribution in [3.05, 3.63) is 85.2 Å². The van der Waals surface area contributed by atoms with Gasteiger partial charge in [-0.2, -0.15) is 0 Å². The van der Waals surface area contributed by atoms with Gasteiger partial charge in [0.25, 0.3) is 11.8 Å². The van der Waals surface area contributed by atoms with E-state index in [-0.39, 0.29) is 10.7 Å². The fourth-order valence-corrected chi connectivity index (χ4v) is 4.50. The minimum absolute atomic E-state index is 0.0122. The molecule has 5 nitrogen and oxygen atoms in total. The Bertz CT molecular complexity index is 1310. The van der Waals surface area contributed by atoms with Gasteiger partial charge in [-0.25, -0.2) is 0 Å². The average molecular weight is 576 g/mol. The van der Waals surface area contributed by atoms with Gasteiger partial charge in [-0.05, 0) is 115 Å². The van der Waals surface area contributed by atoms with Gasteiger partial charge in [0.05, 0.1) is 5.69 Å². The monoisotopic (exact) mass is 575 g/mol. The number of rotatable bonds is 3. The third-order valence-corrected chi connectivity index (χ3v) is 6.78. The second kappa shape index (κ2) is 8.80. The van der Waals surface area contributed by atoms with Gasteiger partial charge in [0, 0.05) is 25.7 Å². The lowest BCUT2D eigenvalue weighted by atomic mass is 10.1. The maximum Gasteiger partial charge on any atom is 0.270 e. The molecular weight excluding hydrogens is 557 g/mol. The fraction of sp³-hybridized carbons (Fsp3) is 0.125. The van der Waals surface area contributed by atoms with Crippen LogP contribution < -0.4 is 10.2 Å². The van der Waals surface area contributed by atoms with Crippen molar-refractivity contribution in [2.24, 2.45) is 0 Å². The Balaban J connectivity index is 1.76. The lowest BCUT2D eigenvalue weighted by molar-refractivity contribution is -0.122. The van der Waals surface area contributed by atoms with Crippen molar-refractivity contribution in [3.8, 4) is 5.69 Å². The molecule has 1 aliphatic rings. The minimum Gasteiger partial charge on any atom is -0.318 e. The van der Waals surface area contributed by atoms with Gasteiger partial charge in [0.1, 0.15) is 5.57 Å². The Labute approximate surface area is 210 Å². The van der Waals surface area contributed by atoms with Crippen LogP contribution in [0.3, 0.4) is 0 Å². The first-order chi connectivity index (χ1) is 15.2. The Morgan fingerprint density at radius 3 is 2.31 bits per heavy atom. The number of aryl methyl sites for hydroxylation is 2. The molecule has 2 amide bonds. The highest BCUT2D eigenvalue weighted by Crippen LogP contribution is 2.28. The van der Waals surface area contributed by atoms with Crippen molar-refractivity contribution < 1.29 is 9.59 Å². The van der Waals surface area contributed by atoms with E-state index in [0.29, 0.717) is 10.7 Å². The summed E-state index contributed by atoms with van der Waals surface area (Å²) < 4.78 is 3.24. The molecule has 1 N–H and O–H groups in total. The molecule has 0 atom stereocenters. The van der Waals surface area contributed by atoms with Gasteiger partial charge >= 0.3 is 0 Å². The van der Waals surface area contributed by atoms with Crippen LogP contribution >= 0.6 is 46.4 Å². The van der Waals surface area contributed by atoms with Crippen molar-refractivity contribution in [1.29, 1.82) is 0 Å². The molecule has 1 aliphatic heterocycles. The van der Waals surface area contributed by atoms with E-state index in [2.05, 4.69) is 32.5 Å². The van der Waals surface area contributed by atoms with E-state index in [9.17, 15) is 9.59 Å². The van der Waals surface area contributed by atoms with E-state index in [4.69, 9.17) is 23.8 Å². The highest BCUT2D eigenvalue weighted by molar-refractivity contribution is 14.1. The summed E-state index contributed by atoms with van der Waals surface area (Å²) in [5.41, 5.74) is 5.13. The molecule has 3 aromatic rings. The number of nitrogens with zero attached hydrogens (tertiary/aromatic N) is 2. The third-order valence-electron chi connectivity index (χ3n) is 5.37. The molecule has 1 fully saturated rings. The summed E-state index contributed by atoms with van der Waals surface area (Å²) in [6.45, 7) is 5.83. The predicted molar refractivity (Wildman–Crippen MR) is 140 cm³/mol. The van der Waals surface area contributed by atoms with Crippen molar-refractivity contribution in [1.82, 2.24) is 9.88 Å². The fourth-order valence-electron chi connectivity index (χ4n) is 3.69. The smallest absolute Gasteiger partial charge is 0.270 e. The SMILES string of the molecule is Cc1ccc(N2C(=O)/C(=C\c3cc(C)n(-c4ccc(I)cc4)c3C)C(=O)NC2=S)cc1Cl. The van der Waals surface area contributed by atoms with Gasteiger partial charge in [0.2, 0.25) is 0 Å². The molecule has 8 heteroatoms. The molecule has 0 aliphatic carbocycles. The van der Waals surface area contributed by atoms with Gasteiger partial charge in [-0.15, -0.1) is 0 Å². The summed E-state index contributed by atoms with van der Waals surface area (Å²) in [7, 11) is 0. The lowest BCUT2D eigenvalue weighted by Gasteiger charge is -2.29. The zero-order chi connectivity index (χ0) is 23.2. The second-order valence-corrected chi connectivity index (χ2v) is 9.57. The molecule has 4 rings (SSSR count). The molecular formula is C24H19ClIN3O2S. The number of hydrogen-bond acceptors (Lipinski definition) is 3. The standard InChI is InChI=1S/C24H19ClIN3O2S/c1-13-4-7-19(12-21(13)25)29-23(31)20(22(30)27-24(29)32)11-16-10-14(2)28(15(16)3)18-8-5-17(26)6-9-18/h4-12H,1-3H3,(H,27,30,32)/b20-11-. The Morgan fingerprint density at radius 2 is 1.66 bits per heavy atom. The quantitative estimate of drug-likeness (QED) is 0.194. The van der Waals surface area contributed by atoms with Crippen LogP contribution in [0.4, 0.5) is 5.69 Å². The largest absolute Gasteiger partial charge is 0.318 e. The van der Waals surface area contributed by atoms with Crippen LogP contribution in [0.1, 0.15) is 22.5 Å². The van der Waals surface area contributed by atoms with E-state index < -0.39 is 11.8 Å². The first-order valence-corrected chi connectivity index (χ1v) is 11.7. The summed E-state index contributed by atoms with van der Waals surface area (Å²) in [4.78, 5) is 27.3. The maximum atomic E-state index is 13.3. The highest BCUT2D eigenvalue weighted by atomic mass is 127. The Kier molecular flexibility index (Phi) is 6.24. The molecule has 2 heterocycles. The van der Waals surface area contributed by atoms with E-state index >= 15 is 0 Å². The normalized spacial score (nSPS) is 15.5. The van der Waals surface area contributed by atoms with Gasteiger partial charge in [-0.3, -0.25) is 19.8 Å². The zero-order valence-corrected chi connectivity index (χ0v) is 21.3. The van der Waals surface area contributed by atoms with Crippen molar-refractivity contribution in [2.75, 3.05) is 4.90 Å². The molecule has 0 radical (unpaired) electrons. The maximum absolute atomic E-state index is 13.3. The van der Waals surface area contributed by atoms with Crippen molar-refractivity contribution >= 4 is 75.1 Å². The number of amides is 2. The number of carbonyl (C=O) groups excluding carboxylic acids is 2. The number of aromatic nitrogens is 1. The summed E-state index contributed by atoms with van der Waals surface area (Å²) in [6, 6.07) is 15.3. The molecule has 32 heavy (non-hydrogen) atoms. The molecule has 0 bridgehead atoms. The summed E-state index contributed by atoms with van der Waals surface area (Å²) in [5, 5.41) is 3.16. The van der Waals surface area contributed by atoms with Crippen molar-refractivity contribution in [2.45, 2.75) is 20.8 Å². The van der Waals surface area contributed by atoms with Crippen LogP contribution in [0, 0.1) is 24.3 Å². The third kappa shape index (κ3) is 4.12. The number of benzene rings is 2. The van der Waals surface area contributed by atoms with E-state index in [1.54, 1.807) is 18.2 Å². The van der Waals surface area contributed by atoms with Crippen LogP contribution in [-0.2, 0) is 9.59 Å². The highest BCUT2D eigenvalue weighted by Gasteiger charge is 2.35. The predicted octanol–water partition coefficient (Wildman–Crippen LogP) is 5.49. The molecule has 0 saturated carbocycles. The van der Waals surface area contributed by atoms with E-state index in [1.807, 2.05) is 57.2 Å². The number of hydrogen-bond donors (Lipinski definition) is 1. The zero-order valence-electron chi connectivity index (χ0n) is 17.6. The van der Waals surface area contributed by atoms with Gasteiger partial charge < -0.3 is 4.57 Å². The number of carbonyl (C=O) groups is 2. The van der Waals surface area contributed by atoms with Gasteiger partial charge in [0.15, 0.2) is 5.11 Å². The Morgan fingerprint density at radius 1 is 1.00 bits per heavy atom. The summed E-state index contributed by atoms with van der Waals surface area (Å²) in [5.74, 6) is -1.01. The number of anilines is 1. The van der Waals surface area contributed by atoms with Crippen LogP contribution in [-0.4, -0.2) is 21.5 Å². The lowest BCUT2D eigenvalue weighted by Crippen LogP contribution is -2.54. The summed E-state index contributed by atoms with van der Waals surface area (Å²) >= 11 is 13.8. The van der Waals surface area contributed by atoms with Crippen LogP contribution in [0.25, 0.3) is 11.8 Å². The topological polar surface area (TPSA) is 54.3 Å². The van der Waals surface area contributed by atoms with Crippen LogP contribution in [0.15, 0.2) is 54.1 Å². The molecule has 1 saturated heterocycles. The average Bonchev–Trinajstić information content (AvgIpc) is 3.01. The molecule has 0 spiro atoms. The van der Waals surface area contributed by atoms with E-state index in [1.165, 1.54) is 4.90 Å². The first kappa shape index (κ1) is 22.7. The minimum atomic E-state index is -0.520. The number of thiocarbonyl (C=S) groups is 1. The molecule has 2 aromatic carbocycles. The van der Waals surface area contributed by atoms with E-state index in [0.717, 1.165) is 31.8 Å².